The minimum absolute atomic E-state index is 0.139. The van der Waals surface area contributed by atoms with Crippen LogP contribution < -0.4 is 5.32 Å². The maximum absolute atomic E-state index is 11.8. The molecule has 1 heterocycles. The Morgan fingerprint density at radius 1 is 1.73 bits per heavy atom. The summed E-state index contributed by atoms with van der Waals surface area (Å²) in [6, 6.07) is 0. The second-order valence-corrected chi connectivity index (χ2v) is 4.16. The standard InChI is InChI=1S/C10H16ClN3O/c1-4-10(2,6-11)13-9(15)8-5-12-7-14(8)3/h5,7H,4,6H2,1-3H3,(H,13,15). The van der Waals surface area contributed by atoms with E-state index in [1.165, 1.54) is 0 Å². The number of amides is 1. The molecule has 1 rings (SSSR count). The largest absolute Gasteiger partial charge is 0.344 e. The number of hydrogen-bond donors (Lipinski definition) is 1. The SMILES string of the molecule is CCC(C)(CCl)NC(=O)c1cncn1C. The van der Waals surface area contributed by atoms with Crippen LogP contribution >= 0.6 is 11.6 Å². The van der Waals surface area contributed by atoms with Crippen molar-refractivity contribution in [1.29, 1.82) is 0 Å². The second kappa shape index (κ2) is 4.66. The average molecular weight is 230 g/mol. The molecule has 1 atom stereocenters. The van der Waals surface area contributed by atoms with Crippen molar-refractivity contribution >= 4 is 17.5 Å². The Morgan fingerprint density at radius 2 is 2.40 bits per heavy atom. The van der Waals surface area contributed by atoms with E-state index in [0.717, 1.165) is 6.42 Å². The lowest BCUT2D eigenvalue weighted by atomic mass is 10.0. The van der Waals surface area contributed by atoms with E-state index >= 15 is 0 Å². The molecular weight excluding hydrogens is 214 g/mol. The highest BCUT2D eigenvalue weighted by molar-refractivity contribution is 6.18. The molecule has 1 N–H and O–H groups in total. The zero-order valence-corrected chi connectivity index (χ0v) is 10.0. The van der Waals surface area contributed by atoms with Gasteiger partial charge in [-0.15, -0.1) is 11.6 Å². The van der Waals surface area contributed by atoms with Gasteiger partial charge in [0, 0.05) is 12.9 Å². The number of rotatable bonds is 4. The number of carbonyl (C=O) groups excluding carboxylic acids is 1. The van der Waals surface area contributed by atoms with Crippen LogP contribution in [0.1, 0.15) is 30.8 Å². The molecule has 5 heteroatoms. The number of aromatic nitrogens is 2. The molecule has 1 amide bonds. The molecule has 0 aliphatic carbocycles. The number of nitrogens with one attached hydrogen (secondary N) is 1. The Kier molecular flexibility index (Phi) is 3.74. The molecule has 0 radical (unpaired) electrons. The lowest BCUT2D eigenvalue weighted by Gasteiger charge is -2.26. The molecule has 0 saturated carbocycles. The van der Waals surface area contributed by atoms with E-state index in [-0.39, 0.29) is 11.4 Å². The Hall–Kier alpha value is -1.03. The van der Waals surface area contributed by atoms with Gasteiger partial charge in [-0.25, -0.2) is 4.98 Å². The highest BCUT2D eigenvalue weighted by Gasteiger charge is 2.24. The molecule has 0 aliphatic rings. The molecule has 0 aromatic carbocycles. The summed E-state index contributed by atoms with van der Waals surface area (Å²) < 4.78 is 1.68. The van der Waals surface area contributed by atoms with Crippen molar-refractivity contribution in [2.45, 2.75) is 25.8 Å². The first-order chi connectivity index (χ1) is 7.02. The van der Waals surface area contributed by atoms with Crippen LogP contribution in [0.3, 0.4) is 0 Å². The lowest BCUT2D eigenvalue weighted by molar-refractivity contribution is 0.0904. The number of halogens is 1. The molecule has 15 heavy (non-hydrogen) atoms. The normalized spacial score (nSPS) is 14.7. The molecule has 84 valence electrons. The van der Waals surface area contributed by atoms with Gasteiger partial charge in [-0.2, -0.15) is 0 Å². The third kappa shape index (κ3) is 2.72. The first kappa shape index (κ1) is 12.0. The van der Waals surface area contributed by atoms with E-state index in [2.05, 4.69) is 10.3 Å². The summed E-state index contributed by atoms with van der Waals surface area (Å²) in [6.45, 7) is 3.92. The van der Waals surface area contributed by atoms with Crippen molar-refractivity contribution in [1.82, 2.24) is 14.9 Å². The van der Waals surface area contributed by atoms with Gasteiger partial charge in [0.15, 0.2) is 0 Å². The van der Waals surface area contributed by atoms with Crippen LogP contribution in [0.5, 0.6) is 0 Å². The number of hydrogen-bond acceptors (Lipinski definition) is 2. The third-order valence-electron chi connectivity index (χ3n) is 2.54. The van der Waals surface area contributed by atoms with Gasteiger partial charge in [0.25, 0.3) is 5.91 Å². The number of alkyl halides is 1. The van der Waals surface area contributed by atoms with Crippen LogP contribution in [0.2, 0.25) is 0 Å². The van der Waals surface area contributed by atoms with Crippen molar-refractivity contribution in [2.75, 3.05) is 5.88 Å². The smallest absolute Gasteiger partial charge is 0.270 e. The maximum Gasteiger partial charge on any atom is 0.270 e. The Morgan fingerprint density at radius 3 is 2.80 bits per heavy atom. The summed E-state index contributed by atoms with van der Waals surface area (Å²) >= 11 is 5.82. The number of carbonyl (C=O) groups is 1. The zero-order chi connectivity index (χ0) is 11.5. The molecule has 1 unspecified atom stereocenters. The van der Waals surface area contributed by atoms with Gasteiger partial charge < -0.3 is 9.88 Å². The summed E-state index contributed by atoms with van der Waals surface area (Å²) in [5.41, 5.74) is 0.183. The minimum Gasteiger partial charge on any atom is -0.344 e. The lowest BCUT2D eigenvalue weighted by Crippen LogP contribution is -2.47. The zero-order valence-electron chi connectivity index (χ0n) is 9.25. The predicted molar refractivity (Wildman–Crippen MR) is 60.1 cm³/mol. The summed E-state index contributed by atoms with van der Waals surface area (Å²) in [4.78, 5) is 15.7. The molecular formula is C10H16ClN3O. The van der Waals surface area contributed by atoms with Crippen molar-refractivity contribution in [3.8, 4) is 0 Å². The van der Waals surface area contributed by atoms with Crippen LogP contribution in [-0.2, 0) is 7.05 Å². The molecule has 1 aromatic heterocycles. The van der Waals surface area contributed by atoms with E-state index in [1.807, 2.05) is 13.8 Å². The van der Waals surface area contributed by atoms with Crippen LogP contribution in [0.15, 0.2) is 12.5 Å². The second-order valence-electron chi connectivity index (χ2n) is 3.89. The third-order valence-corrected chi connectivity index (χ3v) is 3.13. The van der Waals surface area contributed by atoms with Gasteiger partial charge in [0.05, 0.1) is 18.1 Å². The van der Waals surface area contributed by atoms with Crippen LogP contribution in [0.4, 0.5) is 0 Å². The first-order valence-corrected chi connectivity index (χ1v) is 5.40. The fourth-order valence-electron chi connectivity index (χ4n) is 1.13. The summed E-state index contributed by atoms with van der Waals surface area (Å²) in [7, 11) is 1.78. The average Bonchev–Trinajstić information content (AvgIpc) is 2.64. The topological polar surface area (TPSA) is 46.9 Å². The highest BCUT2D eigenvalue weighted by atomic mass is 35.5. The fraction of sp³-hybridized carbons (Fsp3) is 0.600. The van der Waals surface area contributed by atoms with Crippen molar-refractivity contribution < 1.29 is 4.79 Å². The minimum atomic E-state index is -0.358. The van der Waals surface area contributed by atoms with Crippen molar-refractivity contribution in [2.24, 2.45) is 7.05 Å². The number of nitrogens with zero attached hydrogens (tertiary/aromatic N) is 2. The van der Waals surface area contributed by atoms with Gasteiger partial charge in [-0.1, -0.05) is 6.92 Å². The molecule has 0 spiro atoms. The van der Waals surface area contributed by atoms with Gasteiger partial charge in [-0.3, -0.25) is 4.79 Å². The van der Waals surface area contributed by atoms with E-state index in [0.29, 0.717) is 11.6 Å². The first-order valence-electron chi connectivity index (χ1n) is 4.87. The monoisotopic (exact) mass is 229 g/mol. The van der Waals surface area contributed by atoms with Gasteiger partial charge in [-0.05, 0) is 13.3 Å². The highest BCUT2D eigenvalue weighted by Crippen LogP contribution is 2.12. The molecule has 1 aromatic rings. The van der Waals surface area contributed by atoms with Crippen molar-refractivity contribution in [3.05, 3.63) is 18.2 Å². The Labute approximate surface area is 94.6 Å². The molecule has 0 aliphatic heterocycles. The summed E-state index contributed by atoms with van der Waals surface area (Å²) in [6.07, 6.45) is 3.93. The fourth-order valence-corrected chi connectivity index (χ4v) is 1.39. The van der Waals surface area contributed by atoms with E-state index < -0.39 is 0 Å². The molecule has 0 fully saturated rings. The number of imidazole rings is 1. The van der Waals surface area contributed by atoms with Crippen LogP contribution in [0.25, 0.3) is 0 Å². The van der Waals surface area contributed by atoms with Crippen LogP contribution in [0, 0.1) is 0 Å². The van der Waals surface area contributed by atoms with Gasteiger partial charge >= 0.3 is 0 Å². The maximum atomic E-state index is 11.8. The van der Waals surface area contributed by atoms with E-state index in [9.17, 15) is 4.79 Å². The summed E-state index contributed by atoms with van der Waals surface area (Å²) in [5.74, 6) is 0.257. The van der Waals surface area contributed by atoms with E-state index in [4.69, 9.17) is 11.6 Å². The molecule has 4 nitrogen and oxygen atoms in total. The van der Waals surface area contributed by atoms with E-state index in [1.54, 1.807) is 24.1 Å². The van der Waals surface area contributed by atoms with Crippen molar-refractivity contribution in [3.63, 3.8) is 0 Å². The Balaban J connectivity index is 2.76. The Bertz CT molecular complexity index is 344. The molecule has 0 bridgehead atoms. The predicted octanol–water partition coefficient (Wildman–Crippen LogP) is 1.56. The molecule has 0 saturated heterocycles. The summed E-state index contributed by atoms with van der Waals surface area (Å²) in [5, 5.41) is 2.90. The quantitative estimate of drug-likeness (QED) is 0.797. The van der Waals surface area contributed by atoms with Gasteiger partial charge in [0.1, 0.15) is 5.69 Å². The number of aryl methyl sites for hydroxylation is 1. The van der Waals surface area contributed by atoms with Gasteiger partial charge in [0.2, 0.25) is 0 Å². The van der Waals surface area contributed by atoms with Crippen LogP contribution in [-0.4, -0.2) is 26.9 Å².